The van der Waals surface area contributed by atoms with E-state index in [9.17, 15) is 8.42 Å². The van der Waals surface area contributed by atoms with E-state index < -0.39 is 10.1 Å². The van der Waals surface area contributed by atoms with Gasteiger partial charge < -0.3 is 14.2 Å². The van der Waals surface area contributed by atoms with Gasteiger partial charge in [-0.2, -0.15) is 8.42 Å². The summed E-state index contributed by atoms with van der Waals surface area (Å²) in [5, 5.41) is 11.1. The molecule has 47 heavy (non-hydrogen) atoms. The van der Waals surface area contributed by atoms with Gasteiger partial charge in [0.15, 0.2) is 0 Å². The Labute approximate surface area is 277 Å². The highest BCUT2D eigenvalue weighted by molar-refractivity contribution is 7.86. The highest BCUT2D eigenvalue weighted by Gasteiger charge is 2.70. The molecule has 5 rings (SSSR count). The summed E-state index contributed by atoms with van der Waals surface area (Å²) in [6.07, 6.45) is 8.85. The van der Waals surface area contributed by atoms with Gasteiger partial charge in [0.1, 0.15) is 0 Å². The fourth-order valence-electron chi connectivity index (χ4n) is 11.1. The first-order chi connectivity index (χ1) is 22.4. The molecule has 0 N–H and O–H groups in total. The van der Waals surface area contributed by atoms with E-state index in [0.717, 1.165) is 57.6 Å². The summed E-state index contributed by atoms with van der Waals surface area (Å²) < 4.78 is 49.9. The monoisotopic (exact) mass is 677 g/mol. The van der Waals surface area contributed by atoms with Crippen LogP contribution in [0.4, 0.5) is 0 Å². The summed E-state index contributed by atoms with van der Waals surface area (Å²) in [6, 6.07) is 0. The lowest BCUT2D eigenvalue weighted by molar-refractivity contribution is -0.238. The maximum Gasteiger partial charge on any atom is 0.264 e. The zero-order valence-electron chi connectivity index (χ0n) is 28.2. The van der Waals surface area contributed by atoms with Gasteiger partial charge in [0.2, 0.25) is 0 Å². The second-order valence-electron chi connectivity index (χ2n) is 15.2. The molecule has 0 aromatic carbocycles. The Balaban J connectivity index is 1.48. The Kier molecular flexibility index (Phi) is 11.2. The van der Waals surface area contributed by atoms with E-state index in [2.05, 4.69) is 50.8 Å². The van der Waals surface area contributed by atoms with Crippen LogP contribution in [-0.4, -0.2) is 78.5 Å². The van der Waals surface area contributed by atoms with Crippen molar-refractivity contribution in [2.75, 3.05) is 45.7 Å². The first kappa shape index (κ1) is 36.0. The lowest BCUT2D eigenvalue weighted by Gasteiger charge is -2.66. The number of azide groups is 3. The molecule has 0 amide bonds. The Morgan fingerprint density at radius 3 is 1.94 bits per heavy atom. The summed E-state index contributed by atoms with van der Waals surface area (Å²) in [4.78, 5) is 8.70. The third kappa shape index (κ3) is 7.07. The largest absolute Gasteiger partial charge is 0.378 e. The molecule has 0 aromatic rings. The van der Waals surface area contributed by atoms with E-state index in [1.54, 1.807) is 0 Å². The molecule has 0 spiro atoms. The SMILES string of the molecule is C[C@]12CC[C@@H](OCCN=[N+]=[N-])C[C@H]1C[C@@H](OCCN=[N+]=[N-])[C@@H]1[C@@H]2C[C@H](OCCN=[N+]=[N-])[C@@]2(C)[C@H]1CC[C@@H]2[C@@]1(C)CCC1OS(C)(=O)=O. The first-order valence-corrected chi connectivity index (χ1v) is 19.0. The molecule has 5 fully saturated rings. The molecule has 16 heteroatoms. The number of fused-ring (bicyclic) bond motifs is 5. The van der Waals surface area contributed by atoms with Crippen molar-refractivity contribution in [3.8, 4) is 0 Å². The minimum absolute atomic E-state index is 0.0293. The van der Waals surface area contributed by atoms with Gasteiger partial charge in [-0.3, -0.25) is 4.18 Å². The van der Waals surface area contributed by atoms with E-state index in [0.29, 0.717) is 44.6 Å². The molecule has 5 aliphatic carbocycles. The fraction of sp³-hybridized carbons (Fsp3) is 1.00. The van der Waals surface area contributed by atoms with Crippen LogP contribution in [0.15, 0.2) is 15.3 Å². The van der Waals surface area contributed by atoms with Crippen LogP contribution >= 0.6 is 0 Å². The van der Waals surface area contributed by atoms with Crippen LogP contribution in [0.1, 0.15) is 78.6 Å². The molecule has 0 aromatic heterocycles. The number of ether oxygens (including phenoxy) is 3. The minimum Gasteiger partial charge on any atom is -0.378 e. The molecule has 0 bridgehead atoms. The number of rotatable bonds is 15. The first-order valence-electron chi connectivity index (χ1n) is 17.2. The van der Waals surface area contributed by atoms with Crippen LogP contribution in [0.5, 0.6) is 0 Å². The van der Waals surface area contributed by atoms with Crippen molar-refractivity contribution in [3.05, 3.63) is 31.3 Å². The standard InChI is InChI=1S/C31H51N9O6S/c1-29-9-7-21(43-14-11-35-38-32)17-20(29)18-24(44-15-12-36-39-33)28-22-5-6-25(30(2)10-8-26(30)46-47(4,41)42)31(22,3)27(19-23(28)29)45-16-13-37-40-34/h20-28H,5-19H2,1-4H3/t20-,21+,22-,23-,24+,25+,26?,27-,28-,29-,30+,31-/m0/s1. The van der Waals surface area contributed by atoms with Gasteiger partial charge in [-0.15, -0.1) is 0 Å². The Morgan fingerprint density at radius 1 is 0.723 bits per heavy atom. The van der Waals surface area contributed by atoms with Crippen molar-refractivity contribution in [1.82, 2.24) is 0 Å². The van der Waals surface area contributed by atoms with Crippen LogP contribution in [0.2, 0.25) is 0 Å². The second-order valence-corrected chi connectivity index (χ2v) is 16.8. The van der Waals surface area contributed by atoms with Gasteiger partial charge in [-0.1, -0.05) is 36.1 Å². The molecule has 0 saturated heterocycles. The quantitative estimate of drug-likeness (QED) is 0.0578. The lowest BCUT2D eigenvalue weighted by Crippen LogP contribution is -2.65. The Bertz CT molecular complexity index is 1380. The van der Waals surface area contributed by atoms with E-state index in [1.807, 2.05) is 0 Å². The van der Waals surface area contributed by atoms with Gasteiger partial charge in [-0.25, -0.2) is 0 Å². The van der Waals surface area contributed by atoms with Crippen LogP contribution in [0.3, 0.4) is 0 Å². The Hall–Kier alpha value is -2.28. The van der Waals surface area contributed by atoms with E-state index in [1.165, 1.54) is 0 Å². The summed E-state index contributed by atoms with van der Waals surface area (Å²) in [5.74, 6) is 1.38. The highest BCUT2D eigenvalue weighted by Crippen LogP contribution is 2.72. The van der Waals surface area contributed by atoms with Crippen molar-refractivity contribution in [2.45, 2.75) is 103 Å². The molecule has 0 aliphatic heterocycles. The van der Waals surface area contributed by atoms with E-state index >= 15 is 0 Å². The van der Waals surface area contributed by atoms with Crippen molar-refractivity contribution in [2.24, 2.45) is 61.2 Å². The smallest absolute Gasteiger partial charge is 0.264 e. The molecular formula is C31H51N9O6S. The summed E-state index contributed by atoms with van der Waals surface area (Å²) in [5.41, 5.74) is 25.9. The second kappa shape index (κ2) is 14.7. The number of hydrogen-bond donors (Lipinski definition) is 0. The van der Waals surface area contributed by atoms with Gasteiger partial charge in [-0.05, 0) is 115 Å². The topological polar surface area (TPSA) is 217 Å². The number of nitrogens with zero attached hydrogens (tertiary/aromatic N) is 9. The lowest BCUT2D eigenvalue weighted by atomic mass is 9.41. The third-order valence-corrected chi connectivity index (χ3v) is 13.8. The molecule has 0 radical (unpaired) electrons. The van der Waals surface area contributed by atoms with E-state index in [4.69, 9.17) is 35.0 Å². The normalized spacial score (nSPS) is 42.3. The molecule has 5 aliphatic rings. The zero-order valence-corrected chi connectivity index (χ0v) is 29.0. The summed E-state index contributed by atoms with van der Waals surface area (Å²) in [6.45, 7) is 8.92. The fourth-order valence-corrected chi connectivity index (χ4v) is 11.8. The zero-order chi connectivity index (χ0) is 33.9. The van der Waals surface area contributed by atoms with Gasteiger partial charge in [0.25, 0.3) is 10.1 Å². The van der Waals surface area contributed by atoms with Gasteiger partial charge in [0.05, 0.1) is 50.5 Å². The average Bonchev–Trinajstić information content (AvgIpc) is 3.39. The molecule has 262 valence electrons. The maximum atomic E-state index is 12.3. The Morgan fingerprint density at radius 2 is 1.34 bits per heavy atom. The van der Waals surface area contributed by atoms with Crippen LogP contribution in [0, 0.1) is 45.8 Å². The van der Waals surface area contributed by atoms with Crippen LogP contribution in [-0.2, 0) is 28.5 Å². The molecule has 0 heterocycles. The van der Waals surface area contributed by atoms with Crippen molar-refractivity contribution < 1.29 is 26.8 Å². The van der Waals surface area contributed by atoms with Gasteiger partial charge in [0, 0.05) is 39.8 Å². The van der Waals surface area contributed by atoms with Gasteiger partial charge >= 0.3 is 0 Å². The van der Waals surface area contributed by atoms with Crippen LogP contribution < -0.4 is 0 Å². The van der Waals surface area contributed by atoms with Crippen molar-refractivity contribution in [1.29, 1.82) is 0 Å². The third-order valence-electron chi connectivity index (χ3n) is 13.2. The predicted octanol–water partition coefficient (Wildman–Crippen LogP) is 7.10. The summed E-state index contributed by atoms with van der Waals surface area (Å²) >= 11 is 0. The molecule has 5 saturated carbocycles. The maximum absolute atomic E-state index is 12.3. The summed E-state index contributed by atoms with van der Waals surface area (Å²) in [7, 11) is -3.61. The van der Waals surface area contributed by atoms with Crippen molar-refractivity contribution in [3.63, 3.8) is 0 Å². The van der Waals surface area contributed by atoms with Crippen LogP contribution in [0.25, 0.3) is 31.3 Å². The minimum atomic E-state index is -3.61. The molecular weight excluding hydrogens is 626 g/mol. The highest BCUT2D eigenvalue weighted by atomic mass is 32.2. The van der Waals surface area contributed by atoms with Crippen molar-refractivity contribution >= 4 is 10.1 Å². The average molecular weight is 678 g/mol. The molecule has 12 atom stereocenters. The molecule has 15 nitrogen and oxygen atoms in total. The predicted molar refractivity (Wildman–Crippen MR) is 174 cm³/mol. The molecule has 1 unspecified atom stereocenters. The number of hydrogen-bond acceptors (Lipinski definition) is 9. The van der Waals surface area contributed by atoms with E-state index in [-0.39, 0.29) is 71.5 Å².